The Morgan fingerprint density at radius 2 is 1.75 bits per heavy atom. The molecule has 144 valence electrons. The Morgan fingerprint density at radius 1 is 1.00 bits per heavy atom. The lowest BCUT2D eigenvalue weighted by Crippen LogP contribution is -2.43. The molecule has 1 amide bonds. The maximum absolute atomic E-state index is 12.5. The summed E-state index contributed by atoms with van der Waals surface area (Å²) in [5, 5.41) is 4.96. The first kappa shape index (κ1) is 19.4. The highest BCUT2D eigenvalue weighted by molar-refractivity contribution is 5.88. The second-order valence-electron chi connectivity index (χ2n) is 6.41. The van der Waals surface area contributed by atoms with Gasteiger partial charge in [-0.05, 0) is 21.9 Å². The van der Waals surface area contributed by atoms with E-state index in [0.717, 1.165) is 21.9 Å². The zero-order valence-corrected chi connectivity index (χ0v) is 15.8. The van der Waals surface area contributed by atoms with Gasteiger partial charge in [-0.25, -0.2) is 9.78 Å². The van der Waals surface area contributed by atoms with Gasteiger partial charge in [0.25, 0.3) is 0 Å². The Bertz CT molecular complexity index is 970. The van der Waals surface area contributed by atoms with E-state index in [1.807, 2.05) is 42.5 Å². The number of benzene rings is 2. The summed E-state index contributed by atoms with van der Waals surface area (Å²) in [5.41, 5.74) is 1.67. The number of hydrogen-bond acceptors (Lipinski definition) is 5. The minimum atomic E-state index is -0.784. The molecule has 1 heterocycles. The fourth-order valence-corrected chi connectivity index (χ4v) is 3.00. The van der Waals surface area contributed by atoms with Crippen LogP contribution in [0.4, 0.5) is 0 Å². The van der Waals surface area contributed by atoms with Gasteiger partial charge in [0, 0.05) is 18.7 Å². The van der Waals surface area contributed by atoms with Gasteiger partial charge in [0.15, 0.2) is 0 Å². The molecule has 0 unspecified atom stereocenters. The molecule has 0 saturated carbocycles. The van der Waals surface area contributed by atoms with Crippen LogP contribution in [-0.4, -0.2) is 37.1 Å². The normalized spacial score (nSPS) is 11.6. The van der Waals surface area contributed by atoms with Crippen LogP contribution in [-0.2, 0) is 27.2 Å². The summed E-state index contributed by atoms with van der Waals surface area (Å²) in [6, 6.07) is 16.6. The molecule has 0 radical (unpaired) electrons. The van der Waals surface area contributed by atoms with Gasteiger partial charge in [0.2, 0.25) is 11.8 Å². The Hall–Kier alpha value is -3.41. The van der Waals surface area contributed by atoms with Crippen LogP contribution in [0.3, 0.4) is 0 Å². The van der Waals surface area contributed by atoms with Gasteiger partial charge in [-0.1, -0.05) is 48.5 Å². The summed E-state index contributed by atoms with van der Waals surface area (Å²) >= 11 is 0. The number of amides is 1. The average molecular weight is 378 g/mol. The van der Waals surface area contributed by atoms with Crippen molar-refractivity contribution in [3.63, 3.8) is 0 Å². The van der Waals surface area contributed by atoms with Crippen LogP contribution in [0.1, 0.15) is 11.1 Å². The largest absolute Gasteiger partial charge is 0.481 e. The predicted molar refractivity (Wildman–Crippen MR) is 106 cm³/mol. The van der Waals surface area contributed by atoms with E-state index in [9.17, 15) is 9.59 Å². The zero-order valence-electron chi connectivity index (χ0n) is 15.8. The van der Waals surface area contributed by atoms with E-state index in [1.54, 1.807) is 18.3 Å². The van der Waals surface area contributed by atoms with Crippen molar-refractivity contribution in [3.8, 4) is 5.88 Å². The van der Waals surface area contributed by atoms with E-state index >= 15 is 0 Å². The monoisotopic (exact) mass is 378 g/mol. The number of pyridine rings is 1. The number of aromatic nitrogens is 1. The third-order valence-corrected chi connectivity index (χ3v) is 4.45. The molecule has 1 N–H and O–H groups in total. The molecule has 6 heteroatoms. The molecule has 3 rings (SSSR count). The lowest BCUT2D eigenvalue weighted by atomic mass is 10.0. The average Bonchev–Trinajstić information content (AvgIpc) is 2.73. The summed E-state index contributed by atoms with van der Waals surface area (Å²) in [6.07, 6.45) is 2.08. The third kappa shape index (κ3) is 4.85. The van der Waals surface area contributed by atoms with Crippen molar-refractivity contribution in [3.05, 3.63) is 71.9 Å². The molecule has 0 aliphatic carbocycles. The Labute approximate surface area is 163 Å². The van der Waals surface area contributed by atoms with Gasteiger partial charge in [0.05, 0.1) is 20.6 Å². The molecule has 1 atom stereocenters. The van der Waals surface area contributed by atoms with Crippen LogP contribution in [0.5, 0.6) is 5.88 Å². The molecule has 0 bridgehead atoms. The second kappa shape index (κ2) is 8.99. The molecule has 2 aromatic carbocycles. The smallest absolute Gasteiger partial charge is 0.328 e. The van der Waals surface area contributed by atoms with Crippen LogP contribution in [0.2, 0.25) is 0 Å². The number of ether oxygens (including phenoxy) is 2. The number of rotatable bonds is 7. The first-order valence-corrected chi connectivity index (χ1v) is 8.93. The van der Waals surface area contributed by atoms with Crippen molar-refractivity contribution < 1.29 is 19.1 Å². The molecule has 28 heavy (non-hydrogen) atoms. The first-order chi connectivity index (χ1) is 13.6. The first-order valence-electron chi connectivity index (χ1n) is 8.93. The van der Waals surface area contributed by atoms with E-state index in [2.05, 4.69) is 10.3 Å². The van der Waals surface area contributed by atoms with Crippen molar-refractivity contribution in [2.24, 2.45) is 0 Å². The van der Waals surface area contributed by atoms with Crippen LogP contribution in [0.25, 0.3) is 10.8 Å². The van der Waals surface area contributed by atoms with Crippen LogP contribution >= 0.6 is 0 Å². The SMILES string of the molecule is COC(=O)[C@@H](Cc1ccc(OC)nc1)NC(=O)Cc1ccc2ccccc2c1. The van der Waals surface area contributed by atoms with E-state index in [0.29, 0.717) is 5.88 Å². The molecule has 0 spiro atoms. The molecule has 6 nitrogen and oxygen atoms in total. The summed E-state index contributed by atoms with van der Waals surface area (Å²) in [7, 11) is 2.84. The molecule has 0 saturated heterocycles. The summed E-state index contributed by atoms with van der Waals surface area (Å²) < 4.78 is 9.87. The highest BCUT2D eigenvalue weighted by Crippen LogP contribution is 2.16. The Morgan fingerprint density at radius 3 is 2.43 bits per heavy atom. The van der Waals surface area contributed by atoms with Crippen molar-refractivity contribution in [2.45, 2.75) is 18.9 Å². The fraction of sp³-hybridized carbons (Fsp3) is 0.227. The topological polar surface area (TPSA) is 77.5 Å². The summed E-state index contributed by atoms with van der Waals surface area (Å²) in [5.74, 6) is -0.256. The molecular weight excluding hydrogens is 356 g/mol. The standard InChI is InChI=1S/C22H22N2O4/c1-27-21-10-8-16(14-23-21)12-19(22(26)28-2)24-20(25)13-15-7-9-17-5-3-4-6-18(17)11-15/h3-11,14,19H,12-13H2,1-2H3,(H,24,25)/t19-/m1/s1. The van der Waals surface area contributed by atoms with Crippen molar-refractivity contribution >= 4 is 22.6 Å². The summed E-state index contributed by atoms with van der Waals surface area (Å²) in [4.78, 5) is 28.8. The quantitative estimate of drug-likeness (QED) is 0.640. The maximum atomic E-state index is 12.5. The number of carbonyl (C=O) groups excluding carboxylic acids is 2. The second-order valence-corrected chi connectivity index (χ2v) is 6.41. The lowest BCUT2D eigenvalue weighted by Gasteiger charge is -2.17. The van der Waals surface area contributed by atoms with Gasteiger partial charge in [-0.2, -0.15) is 0 Å². The van der Waals surface area contributed by atoms with Crippen LogP contribution in [0.15, 0.2) is 60.8 Å². The van der Waals surface area contributed by atoms with Crippen molar-refractivity contribution in [1.29, 1.82) is 0 Å². The minimum Gasteiger partial charge on any atom is -0.481 e. The number of esters is 1. The summed E-state index contributed by atoms with van der Waals surface area (Å²) in [6.45, 7) is 0. The Kier molecular flexibility index (Phi) is 6.22. The predicted octanol–water partition coefficient (Wildman–Crippen LogP) is 2.69. The molecular formula is C22H22N2O4. The van der Waals surface area contributed by atoms with E-state index < -0.39 is 12.0 Å². The number of carbonyl (C=O) groups is 2. The van der Waals surface area contributed by atoms with Gasteiger partial charge < -0.3 is 14.8 Å². The van der Waals surface area contributed by atoms with Gasteiger partial charge in [0.1, 0.15) is 6.04 Å². The Balaban J connectivity index is 1.68. The highest BCUT2D eigenvalue weighted by Gasteiger charge is 2.22. The lowest BCUT2D eigenvalue weighted by molar-refractivity contribution is -0.145. The van der Waals surface area contributed by atoms with Crippen molar-refractivity contribution in [2.75, 3.05) is 14.2 Å². The molecule has 0 aliphatic rings. The third-order valence-electron chi connectivity index (χ3n) is 4.45. The van der Waals surface area contributed by atoms with Crippen LogP contribution < -0.4 is 10.1 Å². The number of hydrogen-bond donors (Lipinski definition) is 1. The molecule has 3 aromatic rings. The minimum absolute atomic E-state index is 0.180. The van der Waals surface area contributed by atoms with Gasteiger partial charge >= 0.3 is 5.97 Å². The molecule has 0 fully saturated rings. The fourth-order valence-electron chi connectivity index (χ4n) is 3.00. The number of nitrogens with zero attached hydrogens (tertiary/aromatic N) is 1. The van der Waals surface area contributed by atoms with Gasteiger partial charge in [-0.3, -0.25) is 4.79 Å². The van der Waals surface area contributed by atoms with Crippen molar-refractivity contribution in [1.82, 2.24) is 10.3 Å². The van der Waals surface area contributed by atoms with Crippen LogP contribution in [0, 0.1) is 0 Å². The molecule has 1 aromatic heterocycles. The molecule has 0 aliphatic heterocycles. The maximum Gasteiger partial charge on any atom is 0.328 e. The number of nitrogens with one attached hydrogen (secondary N) is 1. The van der Waals surface area contributed by atoms with Gasteiger partial charge in [-0.15, -0.1) is 0 Å². The zero-order chi connectivity index (χ0) is 19.9. The van der Waals surface area contributed by atoms with E-state index in [1.165, 1.54) is 14.2 Å². The number of methoxy groups -OCH3 is 2. The van der Waals surface area contributed by atoms with E-state index in [-0.39, 0.29) is 18.7 Å². The number of fused-ring (bicyclic) bond motifs is 1. The highest BCUT2D eigenvalue weighted by atomic mass is 16.5. The van der Waals surface area contributed by atoms with E-state index in [4.69, 9.17) is 9.47 Å².